The van der Waals surface area contributed by atoms with Gasteiger partial charge in [0.25, 0.3) is 0 Å². The van der Waals surface area contributed by atoms with E-state index in [-0.39, 0.29) is 5.97 Å². The Morgan fingerprint density at radius 1 is 1.42 bits per heavy atom. The third-order valence-electron chi connectivity index (χ3n) is 3.34. The van der Waals surface area contributed by atoms with Crippen LogP contribution in [-0.4, -0.2) is 30.6 Å². The first-order valence-electron chi connectivity index (χ1n) is 7.05. The van der Waals surface area contributed by atoms with Gasteiger partial charge in [0.2, 0.25) is 0 Å². The van der Waals surface area contributed by atoms with Crippen LogP contribution in [0.15, 0.2) is 18.3 Å². The molecule has 0 radical (unpaired) electrons. The summed E-state index contributed by atoms with van der Waals surface area (Å²) in [6, 6.07) is 3.59. The second-order valence-electron chi connectivity index (χ2n) is 5.39. The summed E-state index contributed by atoms with van der Waals surface area (Å²) >= 11 is 0. The number of nitrogens with zero attached hydrogens (tertiary/aromatic N) is 2. The Hall–Kier alpha value is -1.58. The minimum Gasteiger partial charge on any atom is -0.462 e. The standard InChI is InChI=1S/C15H22N2O2/c1-12(2)7-11-19-15(18)13-6-5-8-16-14(13)17-9-3-4-10-17/h5-6,8,12H,3-4,7,9-11H2,1-2H3. The minimum atomic E-state index is -0.254. The van der Waals surface area contributed by atoms with Gasteiger partial charge in [-0.2, -0.15) is 0 Å². The molecule has 2 heterocycles. The van der Waals surface area contributed by atoms with Gasteiger partial charge < -0.3 is 9.64 Å². The highest BCUT2D eigenvalue weighted by Crippen LogP contribution is 2.22. The lowest BCUT2D eigenvalue weighted by atomic mass is 10.1. The zero-order chi connectivity index (χ0) is 13.7. The minimum absolute atomic E-state index is 0.254. The van der Waals surface area contributed by atoms with Crippen molar-refractivity contribution < 1.29 is 9.53 Å². The van der Waals surface area contributed by atoms with Crippen molar-refractivity contribution in [2.75, 3.05) is 24.6 Å². The molecule has 1 saturated heterocycles. The van der Waals surface area contributed by atoms with Gasteiger partial charge in [0.1, 0.15) is 11.4 Å². The Kier molecular flexibility index (Phi) is 4.77. The molecule has 104 valence electrons. The van der Waals surface area contributed by atoms with Crippen LogP contribution in [0.1, 0.15) is 43.5 Å². The van der Waals surface area contributed by atoms with Gasteiger partial charge >= 0.3 is 5.97 Å². The van der Waals surface area contributed by atoms with E-state index in [1.54, 1.807) is 18.3 Å². The Bertz CT molecular complexity index is 426. The van der Waals surface area contributed by atoms with Crippen LogP contribution in [0.4, 0.5) is 5.82 Å². The highest BCUT2D eigenvalue weighted by molar-refractivity contribution is 5.94. The summed E-state index contributed by atoms with van der Waals surface area (Å²) in [6.07, 6.45) is 4.96. The van der Waals surface area contributed by atoms with Crippen molar-refractivity contribution in [3.8, 4) is 0 Å². The van der Waals surface area contributed by atoms with Crippen molar-refractivity contribution in [3.05, 3.63) is 23.9 Å². The fourth-order valence-corrected chi connectivity index (χ4v) is 2.20. The zero-order valence-electron chi connectivity index (χ0n) is 11.8. The smallest absolute Gasteiger partial charge is 0.341 e. The topological polar surface area (TPSA) is 42.4 Å². The SMILES string of the molecule is CC(C)CCOC(=O)c1cccnc1N1CCCC1. The fourth-order valence-electron chi connectivity index (χ4n) is 2.20. The lowest BCUT2D eigenvalue weighted by molar-refractivity contribution is 0.0488. The Morgan fingerprint density at radius 3 is 2.84 bits per heavy atom. The van der Waals surface area contributed by atoms with E-state index in [0.717, 1.165) is 25.3 Å². The van der Waals surface area contributed by atoms with E-state index >= 15 is 0 Å². The van der Waals surface area contributed by atoms with Gasteiger partial charge in [0.15, 0.2) is 0 Å². The summed E-state index contributed by atoms with van der Waals surface area (Å²) in [5.41, 5.74) is 0.591. The van der Waals surface area contributed by atoms with Crippen LogP contribution >= 0.6 is 0 Å². The summed E-state index contributed by atoms with van der Waals surface area (Å²) in [6.45, 7) is 6.67. The number of anilines is 1. The number of carbonyl (C=O) groups excluding carboxylic acids is 1. The van der Waals surface area contributed by atoms with Crippen LogP contribution in [-0.2, 0) is 4.74 Å². The number of carbonyl (C=O) groups is 1. The van der Waals surface area contributed by atoms with Gasteiger partial charge in [-0.15, -0.1) is 0 Å². The monoisotopic (exact) mass is 262 g/mol. The number of ether oxygens (including phenoxy) is 1. The highest BCUT2D eigenvalue weighted by Gasteiger charge is 2.21. The quantitative estimate of drug-likeness (QED) is 0.765. The van der Waals surface area contributed by atoms with Crippen molar-refractivity contribution in [2.45, 2.75) is 33.1 Å². The maximum Gasteiger partial charge on any atom is 0.341 e. The van der Waals surface area contributed by atoms with Crippen LogP contribution in [0.3, 0.4) is 0 Å². The third-order valence-corrected chi connectivity index (χ3v) is 3.34. The second kappa shape index (κ2) is 6.55. The molecule has 0 aliphatic carbocycles. The lowest BCUT2D eigenvalue weighted by Crippen LogP contribution is -2.22. The molecular formula is C15H22N2O2. The van der Waals surface area contributed by atoms with Gasteiger partial charge in [-0.1, -0.05) is 13.8 Å². The summed E-state index contributed by atoms with van der Waals surface area (Å²) < 4.78 is 5.33. The fraction of sp³-hybridized carbons (Fsp3) is 0.600. The van der Waals surface area contributed by atoms with Crippen molar-refractivity contribution in [1.29, 1.82) is 0 Å². The Labute approximate surface area is 114 Å². The molecule has 2 rings (SSSR count). The lowest BCUT2D eigenvalue weighted by Gasteiger charge is -2.19. The van der Waals surface area contributed by atoms with Gasteiger partial charge in [-0.3, -0.25) is 0 Å². The van der Waals surface area contributed by atoms with Gasteiger partial charge in [0.05, 0.1) is 6.61 Å². The summed E-state index contributed by atoms with van der Waals surface area (Å²) in [4.78, 5) is 18.6. The summed E-state index contributed by atoms with van der Waals surface area (Å²) in [5, 5.41) is 0. The molecule has 0 bridgehead atoms. The molecule has 0 aromatic carbocycles. The Morgan fingerprint density at radius 2 is 2.16 bits per heavy atom. The van der Waals surface area contributed by atoms with Gasteiger partial charge in [0, 0.05) is 19.3 Å². The van der Waals surface area contributed by atoms with E-state index in [4.69, 9.17) is 4.74 Å². The van der Waals surface area contributed by atoms with Crippen LogP contribution < -0.4 is 4.90 Å². The molecule has 0 N–H and O–H groups in total. The highest BCUT2D eigenvalue weighted by atomic mass is 16.5. The Balaban J connectivity index is 2.04. The largest absolute Gasteiger partial charge is 0.462 e. The third kappa shape index (κ3) is 3.69. The van der Waals surface area contributed by atoms with E-state index in [1.165, 1.54) is 12.8 Å². The average Bonchev–Trinajstić information content (AvgIpc) is 2.92. The average molecular weight is 262 g/mol. The van der Waals surface area contributed by atoms with E-state index in [9.17, 15) is 4.79 Å². The number of rotatable bonds is 5. The van der Waals surface area contributed by atoms with Crippen LogP contribution in [0.25, 0.3) is 0 Å². The number of hydrogen-bond donors (Lipinski definition) is 0. The van der Waals surface area contributed by atoms with E-state index in [0.29, 0.717) is 18.1 Å². The molecule has 4 heteroatoms. The molecule has 4 nitrogen and oxygen atoms in total. The summed E-state index contributed by atoms with van der Waals surface area (Å²) in [7, 11) is 0. The first-order valence-corrected chi connectivity index (χ1v) is 7.05. The molecule has 0 amide bonds. The van der Waals surface area contributed by atoms with Crippen LogP contribution in [0, 0.1) is 5.92 Å². The van der Waals surface area contributed by atoms with E-state index in [1.807, 2.05) is 0 Å². The number of hydrogen-bond acceptors (Lipinski definition) is 4. The first kappa shape index (κ1) is 13.8. The van der Waals surface area contributed by atoms with Crippen LogP contribution in [0.5, 0.6) is 0 Å². The first-order chi connectivity index (χ1) is 9.18. The summed E-state index contributed by atoms with van der Waals surface area (Å²) in [5.74, 6) is 1.06. The number of esters is 1. The molecule has 1 aliphatic heterocycles. The van der Waals surface area contributed by atoms with Crippen molar-refractivity contribution in [1.82, 2.24) is 4.98 Å². The molecule has 0 saturated carbocycles. The molecule has 1 aromatic heterocycles. The molecule has 1 fully saturated rings. The molecular weight excluding hydrogens is 240 g/mol. The molecule has 1 aliphatic rings. The second-order valence-corrected chi connectivity index (χ2v) is 5.39. The van der Waals surface area contributed by atoms with Crippen LogP contribution in [0.2, 0.25) is 0 Å². The molecule has 0 spiro atoms. The number of pyridine rings is 1. The normalized spacial score (nSPS) is 15.0. The van der Waals surface area contributed by atoms with E-state index < -0.39 is 0 Å². The molecule has 19 heavy (non-hydrogen) atoms. The predicted octanol–water partition coefficient (Wildman–Crippen LogP) is 2.88. The van der Waals surface area contributed by atoms with Crippen molar-refractivity contribution >= 4 is 11.8 Å². The predicted molar refractivity (Wildman–Crippen MR) is 75.4 cm³/mol. The van der Waals surface area contributed by atoms with Gasteiger partial charge in [-0.25, -0.2) is 9.78 Å². The van der Waals surface area contributed by atoms with E-state index in [2.05, 4.69) is 23.7 Å². The number of aromatic nitrogens is 1. The van der Waals surface area contributed by atoms with Crippen molar-refractivity contribution in [2.24, 2.45) is 5.92 Å². The molecule has 0 atom stereocenters. The molecule has 0 unspecified atom stereocenters. The maximum atomic E-state index is 12.1. The zero-order valence-corrected chi connectivity index (χ0v) is 11.8. The molecule has 1 aromatic rings. The maximum absolute atomic E-state index is 12.1. The van der Waals surface area contributed by atoms with Crippen molar-refractivity contribution in [3.63, 3.8) is 0 Å². The van der Waals surface area contributed by atoms with Gasteiger partial charge in [-0.05, 0) is 37.3 Å².